The number of halogens is 1. The van der Waals surface area contributed by atoms with E-state index in [0.717, 1.165) is 11.8 Å². The molecule has 0 aliphatic rings. The average molecular weight is 451 g/mol. The predicted octanol–water partition coefficient (Wildman–Crippen LogP) is 4.65. The van der Waals surface area contributed by atoms with E-state index >= 15 is 0 Å². The van der Waals surface area contributed by atoms with Crippen LogP contribution in [-0.2, 0) is 16.4 Å². The first-order valence-corrected chi connectivity index (χ1v) is 11.7. The maximum Gasteiger partial charge on any atom is 0.267 e. The number of aromatic nitrogens is 1. The lowest BCUT2D eigenvalue weighted by atomic mass is 10.2. The zero-order chi connectivity index (χ0) is 21.2. The van der Waals surface area contributed by atoms with Crippen molar-refractivity contribution in [3.05, 3.63) is 68.6 Å². The van der Waals surface area contributed by atoms with Crippen LogP contribution in [-0.4, -0.2) is 25.6 Å². The number of anilines is 1. The first-order chi connectivity index (χ1) is 13.6. The van der Waals surface area contributed by atoms with Crippen molar-refractivity contribution in [3.8, 4) is 5.75 Å². The fraction of sp³-hybridized carbons (Fsp3) is 0.200. The minimum absolute atomic E-state index is 0.150. The van der Waals surface area contributed by atoms with E-state index in [4.69, 9.17) is 16.3 Å². The summed E-state index contributed by atoms with van der Waals surface area (Å²) < 4.78 is 29.2. The van der Waals surface area contributed by atoms with Crippen LogP contribution in [0.5, 0.6) is 5.75 Å². The molecule has 152 valence electrons. The second-order valence-corrected chi connectivity index (χ2v) is 10.0. The smallest absolute Gasteiger partial charge is 0.267 e. The number of hydrogen-bond donors (Lipinski definition) is 1. The summed E-state index contributed by atoms with van der Waals surface area (Å²) in [5.41, 5.74) is 1.79. The molecular weight excluding hydrogens is 432 g/mol. The van der Waals surface area contributed by atoms with Gasteiger partial charge in [0.2, 0.25) is 0 Å². The summed E-state index contributed by atoms with van der Waals surface area (Å²) in [6.45, 7) is 3.77. The van der Waals surface area contributed by atoms with Gasteiger partial charge in [-0.25, -0.2) is 13.4 Å². The van der Waals surface area contributed by atoms with Crippen LogP contribution < -0.4 is 10.1 Å². The van der Waals surface area contributed by atoms with Crippen molar-refractivity contribution in [2.45, 2.75) is 25.3 Å². The zero-order valence-electron chi connectivity index (χ0n) is 16.0. The molecular formula is C20H19ClN2O4S2. The zero-order valence-corrected chi connectivity index (χ0v) is 18.4. The maximum atomic E-state index is 12.7. The molecule has 0 saturated carbocycles. The van der Waals surface area contributed by atoms with Crippen LogP contribution in [0.25, 0.3) is 0 Å². The highest BCUT2D eigenvalue weighted by Gasteiger charge is 2.18. The topological polar surface area (TPSA) is 85.4 Å². The molecule has 0 aliphatic carbocycles. The van der Waals surface area contributed by atoms with Crippen molar-refractivity contribution in [1.29, 1.82) is 0 Å². The van der Waals surface area contributed by atoms with Gasteiger partial charge in [-0.05, 0) is 55.8 Å². The van der Waals surface area contributed by atoms with Crippen molar-refractivity contribution >= 4 is 44.4 Å². The van der Waals surface area contributed by atoms with Crippen molar-refractivity contribution in [2.75, 3.05) is 11.6 Å². The molecule has 29 heavy (non-hydrogen) atoms. The fourth-order valence-corrected chi connectivity index (χ4v) is 4.19. The lowest BCUT2D eigenvalue weighted by Gasteiger charge is -2.09. The SMILES string of the molecule is Cc1ccc(S(C)(=O)=O)cc1NC(=O)c1sc(COc2ccc(Cl)cc2)nc1C. The Bertz CT molecular complexity index is 1160. The highest BCUT2D eigenvalue weighted by atomic mass is 35.5. The van der Waals surface area contributed by atoms with Crippen molar-refractivity contribution in [3.63, 3.8) is 0 Å². The molecule has 9 heteroatoms. The van der Waals surface area contributed by atoms with Gasteiger partial charge in [0, 0.05) is 17.0 Å². The highest BCUT2D eigenvalue weighted by Crippen LogP contribution is 2.25. The molecule has 1 aromatic heterocycles. The molecule has 3 aromatic rings. The number of hydrogen-bond acceptors (Lipinski definition) is 6. The maximum absolute atomic E-state index is 12.7. The van der Waals surface area contributed by atoms with Gasteiger partial charge < -0.3 is 10.1 Å². The van der Waals surface area contributed by atoms with Gasteiger partial charge >= 0.3 is 0 Å². The van der Waals surface area contributed by atoms with Gasteiger partial charge in [-0.1, -0.05) is 17.7 Å². The summed E-state index contributed by atoms with van der Waals surface area (Å²) in [4.78, 5) is 17.7. The largest absolute Gasteiger partial charge is 0.486 e. The summed E-state index contributed by atoms with van der Waals surface area (Å²) in [6, 6.07) is 11.6. The van der Waals surface area contributed by atoms with Crippen molar-refractivity contribution in [1.82, 2.24) is 4.98 Å². The van der Waals surface area contributed by atoms with E-state index < -0.39 is 9.84 Å². The second kappa shape index (κ2) is 8.52. The number of thiazole rings is 1. The second-order valence-electron chi connectivity index (χ2n) is 6.47. The Kier molecular flexibility index (Phi) is 6.26. The molecule has 0 unspecified atom stereocenters. The number of sulfone groups is 1. The van der Waals surface area contributed by atoms with Crippen LogP contribution in [0.1, 0.15) is 25.9 Å². The van der Waals surface area contributed by atoms with Gasteiger partial charge in [-0.15, -0.1) is 11.3 Å². The minimum Gasteiger partial charge on any atom is -0.486 e. The van der Waals surface area contributed by atoms with Crippen molar-refractivity contribution in [2.24, 2.45) is 0 Å². The lowest BCUT2D eigenvalue weighted by Crippen LogP contribution is -2.13. The normalized spacial score (nSPS) is 11.3. The number of amides is 1. The van der Waals surface area contributed by atoms with Crippen LogP contribution in [0, 0.1) is 13.8 Å². The molecule has 0 spiro atoms. The van der Waals surface area contributed by atoms with E-state index in [9.17, 15) is 13.2 Å². The van der Waals surface area contributed by atoms with Gasteiger partial charge in [0.1, 0.15) is 22.2 Å². The molecule has 0 fully saturated rings. The lowest BCUT2D eigenvalue weighted by molar-refractivity contribution is 0.102. The van der Waals surface area contributed by atoms with Gasteiger partial charge in [-0.3, -0.25) is 4.79 Å². The molecule has 0 radical (unpaired) electrons. The first kappa shape index (κ1) is 21.3. The highest BCUT2D eigenvalue weighted by molar-refractivity contribution is 7.90. The Morgan fingerprint density at radius 3 is 2.52 bits per heavy atom. The summed E-state index contributed by atoms with van der Waals surface area (Å²) in [6.07, 6.45) is 1.13. The van der Waals surface area contributed by atoms with Crippen LogP contribution in [0.2, 0.25) is 5.02 Å². The third-order valence-corrected chi connectivity index (χ3v) is 6.60. The fourth-order valence-electron chi connectivity index (χ4n) is 2.55. The summed E-state index contributed by atoms with van der Waals surface area (Å²) in [7, 11) is -3.37. The minimum atomic E-state index is -3.37. The van der Waals surface area contributed by atoms with Gasteiger partial charge in [-0.2, -0.15) is 0 Å². The number of nitrogens with one attached hydrogen (secondary N) is 1. The molecule has 1 N–H and O–H groups in total. The predicted molar refractivity (Wildman–Crippen MR) is 115 cm³/mol. The van der Waals surface area contributed by atoms with E-state index in [0.29, 0.717) is 32.0 Å². The van der Waals surface area contributed by atoms with Gasteiger partial charge in [0.05, 0.1) is 10.6 Å². The van der Waals surface area contributed by atoms with E-state index in [-0.39, 0.29) is 17.4 Å². The van der Waals surface area contributed by atoms with Gasteiger partial charge in [0.15, 0.2) is 9.84 Å². The third-order valence-electron chi connectivity index (χ3n) is 4.11. The molecule has 6 nitrogen and oxygen atoms in total. The number of nitrogens with zero attached hydrogens (tertiary/aromatic N) is 1. The summed E-state index contributed by atoms with van der Waals surface area (Å²) in [5.74, 6) is 0.313. The number of aryl methyl sites for hydroxylation is 2. The van der Waals surface area contributed by atoms with E-state index in [1.807, 2.05) is 0 Å². The molecule has 2 aromatic carbocycles. The van der Waals surface area contributed by atoms with Crippen LogP contribution in [0.4, 0.5) is 5.69 Å². The molecule has 0 bridgehead atoms. The molecule has 0 atom stereocenters. The monoisotopic (exact) mass is 450 g/mol. The quantitative estimate of drug-likeness (QED) is 0.590. The van der Waals surface area contributed by atoms with E-state index in [1.165, 1.54) is 23.5 Å². The third kappa shape index (κ3) is 5.35. The Labute approximate surface area is 178 Å². The summed E-state index contributed by atoms with van der Waals surface area (Å²) in [5, 5.41) is 4.06. The van der Waals surface area contributed by atoms with Crippen LogP contribution >= 0.6 is 22.9 Å². The number of ether oxygens (including phenoxy) is 1. The molecule has 0 aliphatic heterocycles. The van der Waals surface area contributed by atoms with Crippen molar-refractivity contribution < 1.29 is 17.9 Å². The van der Waals surface area contributed by atoms with Crippen LogP contribution in [0.15, 0.2) is 47.4 Å². The molecule has 1 heterocycles. The average Bonchev–Trinajstić information content (AvgIpc) is 3.03. The van der Waals surface area contributed by atoms with Gasteiger partial charge in [0.25, 0.3) is 5.91 Å². The Hall–Kier alpha value is -2.42. The van der Waals surface area contributed by atoms with Crippen LogP contribution in [0.3, 0.4) is 0 Å². The first-order valence-electron chi connectivity index (χ1n) is 8.60. The standard InChI is InChI=1S/C20H19ClN2O4S2/c1-12-4-9-16(29(3,25)26)10-17(12)23-20(24)19-13(2)22-18(28-19)11-27-15-7-5-14(21)6-8-15/h4-10H,11H2,1-3H3,(H,23,24). The van der Waals surface area contributed by atoms with E-state index in [1.54, 1.807) is 44.2 Å². The molecule has 3 rings (SSSR count). The number of carbonyl (C=O) groups excluding carboxylic acids is 1. The molecule has 0 saturated heterocycles. The Balaban J connectivity index is 1.74. The van der Waals surface area contributed by atoms with E-state index in [2.05, 4.69) is 10.3 Å². The molecule has 1 amide bonds. The summed E-state index contributed by atoms with van der Waals surface area (Å²) >= 11 is 7.09. The number of carbonyl (C=O) groups is 1. The Morgan fingerprint density at radius 2 is 1.86 bits per heavy atom. The number of rotatable bonds is 6. The Morgan fingerprint density at radius 1 is 1.17 bits per heavy atom. The number of benzene rings is 2.